The summed E-state index contributed by atoms with van der Waals surface area (Å²) in [5, 5.41) is 5.09. The van der Waals surface area contributed by atoms with E-state index in [0.29, 0.717) is 16.9 Å². The zero-order valence-corrected chi connectivity index (χ0v) is 16.6. The molecule has 0 aliphatic heterocycles. The van der Waals surface area contributed by atoms with Gasteiger partial charge in [-0.3, -0.25) is 14.2 Å². The molecule has 2 aromatic heterocycles. The Balaban J connectivity index is 1.55. The van der Waals surface area contributed by atoms with Gasteiger partial charge in [-0.15, -0.1) is 0 Å². The summed E-state index contributed by atoms with van der Waals surface area (Å²) < 4.78 is 25.7. The summed E-state index contributed by atoms with van der Waals surface area (Å²) >= 11 is 0. The lowest BCUT2D eigenvalue weighted by molar-refractivity contribution is -0.118. The Morgan fingerprint density at radius 1 is 1.10 bits per heavy atom. The zero-order valence-electron chi connectivity index (χ0n) is 16.6. The van der Waals surface area contributed by atoms with Crippen LogP contribution < -0.4 is 16.4 Å². The van der Waals surface area contributed by atoms with E-state index < -0.39 is 29.4 Å². The molecule has 2 aromatic carbocycles. The van der Waals surface area contributed by atoms with Crippen molar-refractivity contribution in [1.82, 2.24) is 4.57 Å². The standard InChI is InChI=1S/C22H18FN3O5/c1-12(26-18-5-3-4-6-19(18)31-22(26)29)20(27)24-14-7-8-16(23)17(11-14)25-21(28)15-9-10-30-13(15)2/h3-12H,1-2H3,(H,24,27)(H,25,28). The first-order valence-electron chi connectivity index (χ1n) is 9.41. The van der Waals surface area contributed by atoms with Gasteiger partial charge in [0.2, 0.25) is 5.91 Å². The highest BCUT2D eigenvalue weighted by Gasteiger charge is 2.22. The molecule has 0 bridgehead atoms. The summed E-state index contributed by atoms with van der Waals surface area (Å²) in [6, 6.07) is 11.1. The maximum atomic E-state index is 14.2. The van der Waals surface area contributed by atoms with E-state index in [0.717, 1.165) is 6.07 Å². The molecule has 0 radical (unpaired) electrons. The fourth-order valence-electron chi connectivity index (χ4n) is 3.22. The van der Waals surface area contributed by atoms with Crippen molar-refractivity contribution in [2.24, 2.45) is 0 Å². The normalized spacial score (nSPS) is 12.0. The third kappa shape index (κ3) is 3.85. The number of fused-ring (bicyclic) bond motifs is 1. The van der Waals surface area contributed by atoms with Crippen molar-refractivity contribution in [2.45, 2.75) is 19.9 Å². The summed E-state index contributed by atoms with van der Waals surface area (Å²) in [4.78, 5) is 37.3. The topological polar surface area (TPSA) is 106 Å². The molecule has 2 amide bonds. The summed E-state index contributed by atoms with van der Waals surface area (Å²) in [6.45, 7) is 3.16. The highest BCUT2D eigenvalue weighted by atomic mass is 19.1. The van der Waals surface area contributed by atoms with Crippen molar-refractivity contribution in [2.75, 3.05) is 10.6 Å². The lowest BCUT2D eigenvalue weighted by Crippen LogP contribution is -2.29. The van der Waals surface area contributed by atoms with Crippen molar-refractivity contribution in [3.05, 3.63) is 82.5 Å². The Kier molecular flexibility index (Phi) is 5.16. The molecule has 8 nitrogen and oxygen atoms in total. The molecule has 31 heavy (non-hydrogen) atoms. The van der Waals surface area contributed by atoms with Gasteiger partial charge >= 0.3 is 5.76 Å². The predicted molar refractivity (Wildman–Crippen MR) is 112 cm³/mol. The summed E-state index contributed by atoms with van der Waals surface area (Å²) in [5.41, 5.74) is 1.26. The van der Waals surface area contributed by atoms with Crippen LogP contribution in [0.15, 0.2) is 68.4 Å². The number of nitrogens with one attached hydrogen (secondary N) is 2. The molecule has 4 rings (SSSR count). The lowest BCUT2D eigenvalue weighted by atomic mass is 10.2. The second-order valence-electron chi connectivity index (χ2n) is 6.91. The van der Waals surface area contributed by atoms with E-state index in [4.69, 9.17) is 8.83 Å². The number of hydrogen-bond acceptors (Lipinski definition) is 5. The van der Waals surface area contributed by atoms with Crippen LogP contribution in [0.2, 0.25) is 0 Å². The van der Waals surface area contributed by atoms with Crippen molar-refractivity contribution in [3.8, 4) is 0 Å². The predicted octanol–water partition coefficient (Wildman–Crippen LogP) is 4.09. The number of anilines is 2. The smallest absolute Gasteiger partial charge is 0.420 e. The molecule has 0 saturated heterocycles. The first-order chi connectivity index (χ1) is 14.8. The molecule has 158 valence electrons. The Hall–Kier alpha value is -4.14. The van der Waals surface area contributed by atoms with Crippen LogP contribution in [0.25, 0.3) is 11.1 Å². The monoisotopic (exact) mass is 423 g/mol. The van der Waals surface area contributed by atoms with Gasteiger partial charge in [0.1, 0.15) is 17.6 Å². The Morgan fingerprint density at radius 3 is 2.61 bits per heavy atom. The van der Waals surface area contributed by atoms with E-state index in [-0.39, 0.29) is 16.9 Å². The number of para-hydroxylation sites is 2. The maximum Gasteiger partial charge on any atom is 0.420 e. The minimum atomic E-state index is -0.896. The number of rotatable bonds is 5. The molecule has 2 heterocycles. The molecular weight excluding hydrogens is 405 g/mol. The molecule has 9 heteroatoms. The molecule has 0 aliphatic rings. The zero-order chi connectivity index (χ0) is 22.1. The van der Waals surface area contributed by atoms with Crippen LogP contribution in [0.1, 0.15) is 29.1 Å². The van der Waals surface area contributed by atoms with Gasteiger partial charge in [-0.25, -0.2) is 9.18 Å². The second kappa shape index (κ2) is 7.94. The SMILES string of the molecule is Cc1occc1C(=O)Nc1cc(NC(=O)C(C)n2c(=O)oc3ccccc32)ccc1F. The van der Waals surface area contributed by atoms with Gasteiger partial charge in [0, 0.05) is 5.69 Å². The van der Waals surface area contributed by atoms with Gasteiger partial charge in [-0.05, 0) is 50.2 Å². The van der Waals surface area contributed by atoms with Gasteiger partial charge < -0.3 is 19.5 Å². The van der Waals surface area contributed by atoms with Gasteiger partial charge in [0.15, 0.2) is 5.58 Å². The van der Waals surface area contributed by atoms with Crippen molar-refractivity contribution in [3.63, 3.8) is 0 Å². The summed E-state index contributed by atoms with van der Waals surface area (Å²) in [7, 11) is 0. The van der Waals surface area contributed by atoms with Crippen LogP contribution in [-0.2, 0) is 4.79 Å². The lowest BCUT2D eigenvalue weighted by Gasteiger charge is -2.14. The molecule has 0 fully saturated rings. The first-order valence-corrected chi connectivity index (χ1v) is 9.41. The molecule has 0 saturated carbocycles. The van der Waals surface area contributed by atoms with E-state index in [2.05, 4.69) is 10.6 Å². The van der Waals surface area contributed by atoms with Crippen LogP contribution in [0, 0.1) is 12.7 Å². The number of halogens is 1. The number of nitrogens with zero attached hydrogens (tertiary/aromatic N) is 1. The van der Waals surface area contributed by atoms with Gasteiger partial charge in [-0.1, -0.05) is 12.1 Å². The van der Waals surface area contributed by atoms with Crippen molar-refractivity contribution in [1.29, 1.82) is 0 Å². The molecule has 2 N–H and O–H groups in total. The fraction of sp³-hybridized carbons (Fsp3) is 0.136. The molecule has 0 aliphatic carbocycles. The number of carbonyl (C=O) groups is 2. The number of amides is 2. The van der Waals surface area contributed by atoms with Gasteiger partial charge in [-0.2, -0.15) is 0 Å². The van der Waals surface area contributed by atoms with Crippen LogP contribution in [0.4, 0.5) is 15.8 Å². The van der Waals surface area contributed by atoms with E-state index >= 15 is 0 Å². The Labute approximate surface area is 175 Å². The maximum absolute atomic E-state index is 14.2. The van der Waals surface area contributed by atoms with Gasteiger partial charge in [0.05, 0.1) is 23.0 Å². The number of oxazole rings is 1. The highest BCUT2D eigenvalue weighted by Crippen LogP contribution is 2.23. The molecule has 0 spiro atoms. The molecular formula is C22H18FN3O5. The number of hydrogen-bond donors (Lipinski definition) is 2. The number of benzene rings is 2. The minimum absolute atomic E-state index is 0.109. The highest BCUT2D eigenvalue weighted by molar-refractivity contribution is 6.05. The minimum Gasteiger partial charge on any atom is -0.469 e. The van der Waals surface area contributed by atoms with E-state index in [1.165, 1.54) is 29.0 Å². The Morgan fingerprint density at radius 2 is 1.87 bits per heavy atom. The third-order valence-electron chi connectivity index (χ3n) is 4.87. The van der Waals surface area contributed by atoms with E-state index in [9.17, 15) is 18.8 Å². The average molecular weight is 423 g/mol. The van der Waals surface area contributed by atoms with Crippen molar-refractivity contribution < 1.29 is 22.8 Å². The molecule has 1 atom stereocenters. The van der Waals surface area contributed by atoms with Crippen LogP contribution in [0.3, 0.4) is 0 Å². The second-order valence-corrected chi connectivity index (χ2v) is 6.91. The molecule has 4 aromatic rings. The largest absolute Gasteiger partial charge is 0.469 e. The number of aryl methyl sites for hydroxylation is 1. The van der Waals surface area contributed by atoms with Crippen molar-refractivity contribution >= 4 is 34.3 Å². The first kappa shape index (κ1) is 20.1. The molecule has 1 unspecified atom stereocenters. The number of carbonyl (C=O) groups excluding carboxylic acids is 2. The van der Waals surface area contributed by atoms with Gasteiger partial charge in [0.25, 0.3) is 5.91 Å². The van der Waals surface area contributed by atoms with Crippen LogP contribution >= 0.6 is 0 Å². The van der Waals surface area contributed by atoms with E-state index in [1.807, 2.05) is 0 Å². The number of aromatic nitrogens is 1. The third-order valence-corrected chi connectivity index (χ3v) is 4.87. The van der Waals surface area contributed by atoms with E-state index in [1.54, 1.807) is 38.1 Å². The van der Waals surface area contributed by atoms with Crippen LogP contribution in [0.5, 0.6) is 0 Å². The summed E-state index contributed by atoms with van der Waals surface area (Å²) in [6.07, 6.45) is 1.36. The fourth-order valence-corrected chi connectivity index (χ4v) is 3.22. The number of furan rings is 1. The quantitative estimate of drug-likeness (QED) is 0.503. The van der Waals surface area contributed by atoms with Crippen LogP contribution in [-0.4, -0.2) is 16.4 Å². The Bertz CT molecular complexity index is 1350. The average Bonchev–Trinajstić information content (AvgIpc) is 3.32. The summed E-state index contributed by atoms with van der Waals surface area (Å²) in [5.74, 6) is -1.99.